The molecule has 1 atom stereocenters. The van der Waals surface area contributed by atoms with Crippen molar-refractivity contribution in [2.45, 2.75) is 25.4 Å². The molecule has 1 aliphatic heterocycles. The number of hydrogen-bond donors (Lipinski definition) is 2. The zero-order valence-corrected chi connectivity index (χ0v) is 17.1. The van der Waals surface area contributed by atoms with Crippen molar-refractivity contribution in [3.05, 3.63) is 70.7 Å². The van der Waals surface area contributed by atoms with E-state index in [-0.39, 0.29) is 6.54 Å². The lowest BCUT2D eigenvalue weighted by molar-refractivity contribution is -0.139. The summed E-state index contributed by atoms with van der Waals surface area (Å²) in [6, 6.07) is 15.7. The van der Waals surface area contributed by atoms with Gasteiger partial charge >= 0.3 is 6.03 Å². The fourth-order valence-corrected chi connectivity index (χ4v) is 3.66. The van der Waals surface area contributed by atoms with Crippen LogP contribution in [0.4, 0.5) is 4.79 Å². The van der Waals surface area contributed by atoms with Crippen molar-refractivity contribution in [1.82, 2.24) is 20.7 Å². The van der Waals surface area contributed by atoms with Crippen LogP contribution in [0.5, 0.6) is 0 Å². The third kappa shape index (κ3) is 4.41. The van der Waals surface area contributed by atoms with Crippen LogP contribution >= 0.6 is 11.6 Å². The number of nitrogens with one attached hydrogen (secondary N) is 2. The van der Waals surface area contributed by atoms with Gasteiger partial charge in [0.05, 0.1) is 6.54 Å². The van der Waals surface area contributed by atoms with Gasteiger partial charge in [0.2, 0.25) is 0 Å². The van der Waals surface area contributed by atoms with Crippen LogP contribution in [-0.2, 0) is 21.7 Å². The zero-order valence-electron chi connectivity index (χ0n) is 16.3. The van der Waals surface area contributed by atoms with E-state index < -0.39 is 23.4 Å². The van der Waals surface area contributed by atoms with Crippen molar-refractivity contribution in [2.24, 2.45) is 0 Å². The molecule has 1 heterocycles. The summed E-state index contributed by atoms with van der Waals surface area (Å²) in [5, 5.41) is 4.12. The van der Waals surface area contributed by atoms with Crippen LogP contribution in [0, 0.1) is 0 Å². The second kappa shape index (κ2) is 8.63. The lowest BCUT2D eigenvalue weighted by Gasteiger charge is -2.25. The van der Waals surface area contributed by atoms with Crippen molar-refractivity contribution >= 4 is 29.4 Å². The van der Waals surface area contributed by atoms with Gasteiger partial charge in [-0.05, 0) is 36.7 Å². The van der Waals surface area contributed by atoms with Gasteiger partial charge in [0.15, 0.2) is 0 Å². The van der Waals surface area contributed by atoms with Crippen molar-refractivity contribution in [3.8, 4) is 0 Å². The first-order valence-electron chi connectivity index (χ1n) is 9.30. The van der Waals surface area contributed by atoms with Crippen LogP contribution < -0.4 is 10.7 Å². The Hall–Kier alpha value is -2.90. The average molecular weight is 415 g/mol. The molecule has 0 bridgehead atoms. The molecule has 1 saturated heterocycles. The number of urea groups is 1. The summed E-state index contributed by atoms with van der Waals surface area (Å²) < 4.78 is 0. The van der Waals surface area contributed by atoms with E-state index in [2.05, 4.69) is 10.7 Å². The van der Waals surface area contributed by atoms with Gasteiger partial charge in [-0.3, -0.25) is 19.9 Å². The van der Waals surface area contributed by atoms with E-state index in [1.54, 1.807) is 42.3 Å². The van der Waals surface area contributed by atoms with Gasteiger partial charge in [0.25, 0.3) is 11.8 Å². The molecule has 1 aliphatic rings. The molecule has 152 valence electrons. The number of hydrogen-bond acceptors (Lipinski definition) is 4. The molecule has 29 heavy (non-hydrogen) atoms. The molecule has 8 heteroatoms. The molecule has 2 aromatic carbocycles. The minimum atomic E-state index is -1.18. The van der Waals surface area contributed by atoms with E-state index in [0.717, 1.165) is 10.6 Å². The highest BCUT2D eigenvalue weighted by atomic mass is 35.5. The molecule has 4 amide bonds. The molecular weight excluding hydrogens is 392 g/mol. The number of likely N-dealkylation sites (N-methyl/N-ethyl adjacent to an activating group) is 1. The number of hydrazine groups is 1. The van der Waals surface area contributed by atoms with Gasteiger partial charge < -0.3 is 5.32 Å². The van der Waals surface area contributed by atoms with Gasteiger partial charge in [0.1, 0.15) is 5.54 Å². The van der Waals surface area contributed by atoms with Gasteiger partial charge in [-0.1, -0.05) is 61.0 Å². The second-order valence-electron chi connectivity index (χ2n) is 7.03. The first-order chi connectivity index (χ1) is 13.9. The number of amides is 4. The normalized spacial score (nSPS) is 18.8. The molecule has 0 unspecified atom stereocenters. The minimum absolute atomic E-state index is 0.00797. The van der Waals surface area contributed by atoms with Crippen LogP contribution in [0.3, 0.4) is 0 Å². The monoisotopic (exact) mass is 414 g/mol. The summed E-state index contributed by atoms with van der Waals surface area (Å²) in [6.07, 6.45) is 0.364. The molecule has 0 saturated carbocycles. The number of carbonyl (C=O) groups excluding carboxylic acids is 3. The predicted molar refractivity (Wildman–Crippen MR) is 110 cm³/mol. The van der Waals surface area contributed by atoms with Gasteiger partial charge in [0, 0.05) is 11.6 Å². The Labute approximate surface area is 174 Å². The lowest BCUT2D eigenvalue weighted by atomic mass is 9.87. The lowest BCUT2D eigenvalue weighted by Crippen LogP contribution is -2.50. The van der Waals surface area contributed by atoms with Gasteiger partial charge in [-0.25, -0.2) is 4.79 Å². The number of rotatable bonds is 7. The zero-order chi connectivity index (χ0) is 21.0. The summed E-state index contributed by atoms with van der Waals surface area (Å²) in [4.78, 5) is 39.7. The topological polar surface area (TPSA) is 81.8 Å². The Kier molecular flexibility index (Phi) is 6.20. The van der Waals surface area contributed by atoms with Crippen LogP contribution in [0.1, 0.15) is 24.5 Å². The summed E-state index contributed by atoms with van der Waals surface area (Å²) in [6.45, 7) is 2.32. The van der Waals surface area contributed by atoms with Crippen molar-refractivity contribution in [2.75, 3.05) is 13.6 Å². The van der Waals surface area contributed by atoms with Crippen LogP contribution in [0.2, 0.25) is 5.02 Å². The van der Waals surface area contributed by atoms with Gasteiger partial charge in [-0.15, -0.1) is 0 Å². The average Bonchev–Trinajstić information content (AvgIpc) is 2.93. The SMILES string of the molecule is CC[C@@]1(c2ccccc2)NC(=O)N(NC(=O)CN(C)Cc2cccc(Cl)c2)C1=O. The first-order valence-corrected chi connectivity index (χ1v) is 9.68. The Balaban J connectivity index is 1.66. The maximum atomic E-state index is 13.0. The Bertz CT molecular complexity index is 921. The Morgan fingerprint density at radius 1 is 1.17 bits per heavy atom. The van der Waals surface area contributed by atoms with E-state index in [0.29, 0.717) is 23.6 Å². The summed E-state index contributed by atoms with van der Waals surface area (Å²) in [7, 11) is 1.77. The smallest absolute Gasteiger partial charge is 0.318 e. The fraction of sp³-hybridized carbons (Fsp3) is 0.286. The molecule has 2 aromatic rings. The van der Waals surface area contributed by atoms with Crippen molar-refractivity contribution in [3.63, 3.8) is 0 Å². The van der Waals surface area contributed by atoms with E-state index in [9.17, 15) is 14.4 Å². The van der Waals surface area contributed by atoms with Crippen molar-refractivity contribution in [1.29, 1.82) is 0 Å². The standard InChI is InChI=1S/C21H23ClN4O3/c1-3-21(16-9-5-4-6-10-16)19(28)26(20(29)23-21)24-18(27)14-25(2)13-15-8-7-11-17(22)12-15/h4-12H,3,13-14H2,1-2H3,(H,23,29)(H,24,27)/t21-/m0/s1. The predicted octanol–water partition coefficient (Wildman–Crippen LogP) is 2.66. The highest BCUT2D eigenvalue weighted by Gasteiger charge is 2.52. The molecule has 7 nitrogen and oxygen atoms in total. The Morgan fingerprint density at radius 3 is 2.55 bits per heavy atom. The van der Waals surface area contributed by atoms with Gasteiger partial charge in [-0.2, -0.15) is 5.01 Å². The molecule has 0 aromatic heterocycles. The largest absolute Gasteiger partial charge is 0.344 e. The van der Waals surface area contributed by atoms with Crippen LogP contribution in [0.25, 0.3) is 0 Å². The first kappa shape index (κ1) is 20.8. The van der Waals surface area contributed by atoms with Crippen LogP contribution in [-0.4, -0.2) is 41.3 Å². The maximum absolute atomic E-state index is 13.0. The van der Waals surface area contributed by atoms with E-state index >= 15 is 0 Å². The third-order valence-electron chi connectivity index (χ3n) is 4.88. The third-order valence-corrected chi connectivity index (χ3v) is 5.12. The molecule has 2 N–H and O–H groups in total. The molecular formula is C21H23ClN4O3. The fourth-order valence-electron chi connectivity index (χ4n) is 3.45. The highest BCUT2D eigenvalue weighted by molar-refractivity contribution is 6.30. The number of halogens is 1. The number of benzene rings is 2. The van der Waals surface area contributed by atoms with E-state index in [1.165, 1.54) is 0 Å². The molecule has 0 aliphatic carbocycles. The Morgan fingerprint density at radius 2 is 1.90 bits per heavy atom. The van der Waals surface area contributed by atoms with Crippen LogP contribution in [0.15, 0.2) is 54.6 Å². The number of carbonyl (C=O) groups is 3. The second-order valence-corrected chi connectivity index (χ2v) is 7.47. The molecule has 3 rings (SSSR count). The minimum Gasteiger partial charge on any atom is -0.318 e. The molecule has 0 radical (unpaired) electrons. The summed E-state index contributed by atoms with van der Waals surface area (Å²) in [5.41, 5.74) is 2.88. The highest BCUT2D eigenvalue weighted by Crippen LogP contribution is 2.31. The summed E-state index contributed by atoms with van der Waals surface area (Å²) >= 11 is 5.98. The van der Waals surface area contributed by atoms with E-state index in [1.807, 2.05) is 31.2 Å². The summed E-state index contributed by atoms with van der Waals surface area (Å²) in [5.74, 6) is -0.958. The quantitative estimate of drug-likeness (QED) is 0.682. The maximum Gasteiger partial charge on any atom is 0.344 e. The molecule has 1 fully saturated rings. The number of imide groups is 1. The van der Waals surface area contributed by atoms with Crippen molar-refractivity contribution < 1.29 is 14.4 Å². The number of nitrogens with zero attached hydrogens (tertiary/aromatic N) is 2. The van der Waals surface area contributed by atoms with E-state index in [4.69, 9.17) is 11.6 Å². The molecule has 0 spiro atoms.